The van der Waals surface area contributed by atoms with E-state index in [0.717, 1.165) is 39.7 Å². The van der Waals surface area contributed by atoms with Gasteiger partial charge in [-0.05, 0) is 93.7 Å². The molecule has 2 heterocycles. The maximum Gasteiger partial charge on any atom is 0.123 e. The molecule has 0 saturated heterocycles. The summed E-state index contributed by atoms with van der Waals surface area (Å²) in [5, 5.41) is 6.89. The fourth-order valence-corrected chi connectivity index (χ4v) is 4.44. The van der Waals surface area contributed by atoms with E-state index < -0.39 is 0 Å². The van der Waals surface area contributed by atoms with Crippen LogP contribution in [0.1, 0.15) is 56.9 Å². The normalized spacial score (nSPS) is 15.8. The standard InChI is InChI=1S/C28H36N6.C8H10.C2H6/c1-19(2)15-25(30-6)18-32-22(5)31-13-11-21(4)28-27(24-9-7-20(3)8-10-24)33-26-16-23(17-29)12-14-34(26)28;1-7-5-3-4-6-8(7)2;1-2/h7-16,26,33H,4,17-18,29H2,1-3,5-6H3,(H,31,32);3-6H,1-2H3;1-2H3/b13-11-,30-25?;;. The molecule has 0 aromatic heterocycles. The second-order valence-corrected chi connectivity index (χ2v) is 10.8. The summed E-state index contributed by atoms with van der Waals surface area (Å²) in [5.41, 5.74) is 17.2. The van der Waals surface area contributed by atoms with E-state index in [1.807, 2.05) is 39.1 Å². The lowest BCUT2D eigenvalue weighted by Gasteiger charge is -2.27. The van der Waals surface area contributed by atoms with Crippen molar-refractivity contribution in [1.82, 2.24) is 15.5 Å². The van der Waals surface area contributed by atoms with Gasteiger partial charge in [0, 0.05) is 26.0 Å². The first-order chi connectivity index (χ1) is 21.1. The highest BCUT2D eigenvalue weighted by atomic mass is 15.3. The molecule has 4 N–H and O–H groups in total. The molecule has 1 atom stereocenters. The average molecular weight is 593 g/mol. The number of rotatable bonds is 8. The van der Waals surface area contributed by atoms with Gasteiger partial charge in [0.05, 0.1) is 29.5 Å². The maximum atomic E-state index is 5.87. The number of nitrogens with two attached hydrogens (primary N) is 1. The Labute approximate surface area is 266 Å². The van der Waals surface area contributed by atoms with E-state index in [1.165, 1.54) is 22.3 Å². The first kappa shape index (κ1) is 35.8. The van der Waals surface area contributed by atoms with Crippen molar-refractivity contribution in [1.29, 1.82) is 0 Å². The summed E-state index contributed by atoms with van der Waals surface area (Å²) in [6.45, 7) is 21.8. The van der Waals surface area contributed by atoms with Crippen LogP contribution in [-0.4, -0.2) is 42.8 Å². The van der Waals surface area contributed by atoms with E-state index in [2.05, 4.69) is 134 Å². The van der Waals surface area contributed by atoms with E-state index in [1.54, 1.807) is 7.05 Å². The summed E-state index contributed by atoms with van der Waals surface area (Å²) in [4.78, 5) is 11.1. The molecule has 0 radical (unpaired) electrons. The molecule has 44 heavy (non-hydrogen) atoms. The summed E-state index contributed by atoms with van der Waals surface area (Å²) >= 11 is 0. The number of benzene rings is 2. The molecule has 1 unspecified atom stereocenters. The summed E-state index contributed by atoms with van der Waals surface area (Å²) in [5.74, 6) is 0.816. The molecule has 4 rings (SSSR count). The van der Waals surface area contributed by atoms with Crippen LogP contribution in [0.3, 0.4) is 0 Å². The maximum absolute atomic E-state index is 5.87. The predicted molar refractivity (Wildman–Crippen MR) is 193 cm³/mol. The van der Waals surface area contributed by atoms with Gasteiger partial charge >= 0.3 is 0 Å². The summed E-state index contributed by atoms with van der Waals surface area (Å²) in [6.07, 6.45) is 12.2. The van der Waals surface area contributed by atoms with Crippen LogP contribution in [0.15, 0.2) is 124 Å². The van der Waals surface area contributed by atoms with E-state index in [9.17, 15) is 0 Å². The SMILES string of the molecule is C=C(/C=C\NC(C)=NCC(C=C(C)C)=NC)C1=C(c2ccc(C)cc2)NC2C=C(CN)C=CN12.CC.Cc1ccccc1C. The number of aryl methyl sites for hydroxylation is 3. The van der Waals surface area contributed by atoms with Crippen molar-refractivity contribution in [2.75, 3.05) is 20.1 Å². The number of nitrogens with one attached hydrogen (secondary N) is 2. The Bertz CT molecular complexity index is 1440. The highest BCUT2D eigenvalue weighted by Crippen LogP contribution is 2.35. The lowest BCUT2D eigenvalue weighted by Crippen LogP contribution is -2.34. The quantitative estimate of drug-likeness (QED) is 0.166. The largest absolute Gasteiger partial charge is 0.359 e. The number of fused-ring (bicyclic) bond motifs is 1. The van der Waals surface area contributed by atoms with Gasteiger partial charge in [-0.25, -0.2) is 0 Å². The van der Waals surface area contributed by atoms with Gasteiger partial charge in [-0.1, -0.05) is 80.1 Å². The first-order valence-corrected chi connectivity index (χ1v) is 15.3. The highest BCUT2D eigenvalue weighted by molar-refractivity contribution is 5.98. The molecule has 0 bridgehead atoms. The number of amidine groups is 1. The topological polar surface area (TPSA) is 78.0 Å². The molecule has 2 aliphatic heterocycles. The monoisotopic (exact) mass is 592 g/mol. The third-order valence-electron chi connectivity index (χ3n) is 7.01. The van der Waals surface area contributed by atoms with Gasteiger partial charge in [-0.2, -0.15) is 0 Å². The fraction of sp³-hybridized carbons (Fsp3) is 0.316. The zero-order chi connectivity index (χ0) is 32.6. The van der Waals surface area contributed by atoms with Crippen LogP contribution in [0.4, 0.5) is 0 Å². The molecule has 0 fully saturated rings. The fourth-order valence-electron chi connectivity index (χ4n) is 4.44. The van der Waals surface area contributed by atoms with Crippen LogP contribution in [0.25, 0.3) is 5.70 Å². The predicted octanol–water partition coefficient (Wildman–Crippen LogP) is 7.75. The van der Waals surface area contributed by atoms with Crippen molar-refractivity contribution in [3.63, 3.8) is 0 Å². The molecule has 0 saturated carbocycles. The minimum Gasteiger partial charge on any atom is -0.359 e. The van der Waals surface area contributed by atoms with E-state index in [-0.39, 0.29) is 6.17 Å². The van der Waals surface area contributed by atoms with Gasteiger partial charge < -0.3 is 21.3 Å². The van der Waals surface area contributed by atoms with Crippen molar-refractivity contribution in [2.45, 2.75) is 61.6 Å². The van der Waals surface area contributed by atoms with Gasteiger partial charge in [0.1, 0.15) is 6.17 Å². The third kappa shape index (κ3) is 10.7. The Morgan fingerprint density at radius 1 is 1.02 bits per heavy atom. The minimum atomic E-state index is 0.0121. The van der Waals surface area contributed by atoms with Crippen LogP contribution in [0.5, 0.6) is 0 Å². The van der Waals surface area contributed by atoms with Gasteiger partial charge in [-0.15, -0.1) is 0 Å². The number of hydrogen-bond acceptors (Lipinski definition) is 5. The minimum absolute atomic E-state index is 0.0121. The van der Waals surface area contributed by atoms with Crippen LogP contribution < -0.4 is 16.4 Å². The molecule has 0 spiro atoms. The number of allylic oxidation sites excluding steroid dienone is 2. The number of nitrogens with zero attached hydrogens (tertiary/aromatic N) is 3. The summed E-state index contributed by atoms with van der Waals surface area (Å²) < 4.78 is 0. The molecule has 0 aliphatic carbocycles. The van der Waals surface area contributed by atoms with E-state index in [0.29, 0.717) is 13.1 Å². The Hall–Kier alpha value is -4.42. The molecular weight excluding hydrogens is 540 g/mol. The van der Waals surface area contributed by atoms with Crippen molar-refractivity contribution in [3.05, 3.63) is 136 Å². The zero-order valence-corrected chi connectivity index (χ0v) is 28.2. The summed E-state index contributed by atoms with van der Waals surface area (Å²) in [6, 6.07) is 16.9. The summed E-state index contributed by atoms with van der Waals surface area (Å²) in [7, 11) is 1.79. The van der Waals surface area contributed by atoms with Crippen molar-refractivity contribution in [3.8, 4) is 0 Å². The Morgan fingerprint density at radius 2 is 1.66 bits per heavy atom. The third-order valence-corrected chi connectivity index (χ3v) is 7.01. The first-order valence-electron chi connectivity index (χ1n) is 15.3. The Morgan fingerprint density at radius 3 is 2.20 bits per heavy atom. The zero-order valence-electron chi connectivity index (χ0n) is 28.2. The van der Waals surface area contributed by atoms with Gasteiger partial charge in [0.2, 0.25) is 0 Å². The molecule has 234 valence electrons. The van der Waals surface area contributed by atoms with Crippen molar-refractivity contribution >= 4 is 17.2 Å². The molecule has 2 aromatic carbocycles. The number of hydrogen-bond donors (Lipinski definition) is 3. The van der Waals surface area contributed by atoms with E-state index in [4.69, 9.17) is 5.73 Å². The van der Waals surface area contributed by atoms with Crippen molar-refractivity contribution < 1.29 is 0 Å². The smallest absolute Gasteiger partial charge is 0.123 e. The molecule has 6 nitrogen and oxygen atoms in total. The molecule has 0 amide bonds. The molecule has 2 aromatic rings. The lowest BCUT2D eigenvalue weighted by atomic mass is 10.0. The van der Waals surface area contributed by atoms with Crippen LogP contribution in [0.2, 0.25) is 0 Å². The van der Waals surface area contributed by atoms with Gasteiger partial charge in [-0.3, -0.25) is 9.98 Å². The Kier molecular flexibility index (Phi) is 14.9. The molecule has 2 aliphatic rings. The number of aliphatic imine (C=N–C) groups is 2. The van der Waals surface area contributed by atoms with Crippen LogP contribution >= 0.6 is 0 Å². The molecular formula is C38H52N6. The highest BCUT2D eigenvalue weighted by Gasteiger charge is 2.31. The van der Waals surface area contributed by atoms with Gasteiger partial charge in [0.15, 0.2) is 0 Å². The average Bonchev–Trinajstić information content (AvgIpc) is 3.41. The van der Waals surface area contributed by atoms with Crippen molar-refractivity contribution in [2.24, 2.45) is 15.7 Å². The lowest BCUT2D eigenvalue weighted by molar-refractivity contribution is 0.405. The van der Waals surface area contributed by atoms with Gasteiger partial charge in [0.25, 0.3) is 0 Å². The second kappa shape index (κ2) is 18.3. The van der Waals surface area contributed by atoms with Crippen LogP contribution in [-0.2, 0) is 0 Å². The Balaban J connectivity index is 0.000000577. The van der Waals surface area contributed by atoms with Crippen LogP contribution in [0, 0.1) is 20.8 Å². The molecule has 6 heteroatoms. The van der Waals surface area contributed by atoms with E-state index >= 15 is 0 Å². The second-order valence-electron chi connectivity index (χ2n) is 10.8.